The number of unbranched alkanes of at least 4 members (excludes halogenated alkanes) is 1. The predicted molar refractivity (Wildman–Crippen MR) is 78.5 cm³/mol. The molecule has 0 aliphatic heterocycles. The van der Waals surface area contributed by atoms with Gasteiger partial charge < -0.3 is 10.4 Å². The van der Waals surface area contributed by atoms with Gasteiger partial charge in [-0.2, -0.15) is 0 Å². The van der Waals surface area contributed by atoms with Gasteiger partial charge in [0, 0.05) is 6.20 Å². The number of rotatable bonds is 7. The summed E-state index contributed by atoms with van der Waals surface area (Å²) in [5, 5.41) is 15.5. The zero-order chi connectivity index (χ0) is 16.1. The molecule has 0 aromatic carbocycles. The molecular formula is C14H18N4O4. The molecule has 0 saturated carbocycles. The van der Waals surface area contributed by atoms with Crippen LogP contribution < -0.4 is 11.0 Å². The fraction of sp³-hybridized carbons (Fsp3) is 0.429. The van der Waals surface area contributed by atoms with Gasteiger partial charge in [0.15, 0.2) is 5.65 Å². The molecule has 2 heterocycles. The lowest BCUT2D eigenvalue weighted by atomic mass is 10.1. The van der Waals surface area contributed by atoms with Gasteiger partial charge >= 0.3 is 11.7 Å². The van der Waals surface area contributed by atoms with Crippen LogP contribution in [0, 0.1) is 0 Å². The minimum absolute atomic E-state index is 0.309. The zero-order valence-corrected chi connectivity index (χ0v) is 12.2. The lowest BCUT2D eigenvalue weighted by Gasteiger charge is -2.13. The lowest BCUT2D eigenvalue weighted by Crippen LogP contribution is -2.43. The highest BCUT2D eigenvalue weighted by atomic mass is 16.4. The van der Waals surface area contributed by atoms with Crippen molar-refractivity contribution >= 4 is 17.5 Å². The molecule has 0 fully saturated rings. The summed E-state index contributed by atoms with van der Waals surface area (Å²) < 4.78 is 2.34. The van der Waals surface area contributed by atoms with E-state index in [9.17, 15) is 14.4 Å². The van der Waals surface area contributed by atoms with Gasteiger partial charge in [0.25, 0.3) is 0 Å². The van der Waals surface area contributed by atoms with Gasteiger partial charge in [0.05, 0.1) is 0 Å². The minimum atomic E-state index is -1.08. The second kappa shape index (κ2) is 6.88. The molecular weight excluding hydrogens is 288 g/mol. The molecule has 0 spiro atoms. The standard InChI is InChI=1S/C14H18N4O4/c1-2-3-6-10(13(20)21)15-12(19)9-18-14(22)17-8-5-4-7-11(17)16-18/h4-5,7-8,10H,2-3,6,9H2,1H3,(H,15,19)(H,20,21). The maximum Gasteiger partial charge on any atom is 0.350 e. The summed E-state index contributed by atoms with van der Waals surface area (Å²) in [4.78, 5) is 35.1. The second-order valence-electron chi connectivity index (χ2n) is 4.97. The molecule has 0 aliphatic rings. The van der Waals surface area contributed by atoms with Crippen molar-refractivity contribution in [1.29, 1.82) is 0 Å². The fourth-order valence-electron chi connectivity index (χ4n) is 2.11. The summed E-state index contributed by atoms with van der Waals surface area (Å²) in [7, 11) is 0. The number of hydrogen-bond acceptors (Lipinski definition) is 4. The number of fused-ring (bicyclic) bond motifs is 1. The summed E-state index contributed by atoms with van der Waals surface area (Å²) in [5.41, 5.74) is -0.00718. The van der Waals surface area contributed by atoms with Crippen LogP contribution in [0.1, 0.15) is 26.2 Å². The van der Waals surface area contributed by atoms with Crippen LogP contribution >= 0.6 is 0 Å². The van der Waals surface area contributed by atoms with Gasteiger partial charge in [-0.05, 0) is 18.6 Å². The smallest absolute Gasteiger partial charge is 0.350 e. The summed E-state index contributed by atoms with van der Waals surface area (Å²) in [6, 6.07) is 4.13. The van der Waals surface area contributed by atoms with Crippen molar-refractivity contribution in [3.8, 4) is 0 Å². The maximum atomic E-state index is 12.0. The van der Waals surface area contributed by atoms with Crippen molar-refractivity contribution in [3.63, 3.8) is 0 Å². The van der Waals surface area contributed by atoms with E-state index in [0.29, 0.717) is 18.5 Å². The highest BCUT2D eigenvalue weighted by molar-refractivity contribution is 5.83. The molecule has 1 unspecified atom stereocenters. The molecule has 0 radical (unpaired) electrons. The van der Waals surface area contributed by atoms with Crippen molar-refractivity contribution < 1.29 is 14.7 Å². The summed E-state index contributed by atoms with van der Waals surface area (Å²) in [5.74, 6) is -1.63. The quantitative estimate of drug-likeness (QED) is 0.763. The molecule has 0 aliphatic carbocycles. The normalized spacial score (nSPS) is 12.2. The Labute approximate surface area is 126 Å². The first kappa shape index (κ1) is 15.7. The molecule has 2 aromatic rings. The third-order valence-electron chi connectivity index (χ3n) is 3.26. The van der Waals surface area contributed by atoms with Crippen LogP contribution in [0.15, 0.2) is 29.2 Å². The number of aliphatic carboxylic acids is 1. The summed E-state index contributed by atoms with van der Waals surface area (Å²) in [6.45, 7) is 1.63. The van der Waals surface area contributed by atoms with Gasteiger partial charge in [-0.15, -0.1) is 5.10 Å². The van der Waals surface area contributed by atoms with Crippen LogP contribution in [-0.2, 0) is 16.1 Å². The molecule has 2 N–H and O–H groups in total. The van der Waals surface area contributed by atoms with Gasteiger partial charge in [0.1, 0.15) is 12.6 Å². The summed E-state index contributed by atoms with van der Waals surface area (Å²) in [6.07, 6.45) is 3.45. The van der Waals surface area contributed by atoms with Crippen LogP contribution in [0.4, 0.5) is 0 Å². The van der Waals surface area contributed by atoms with Crippen LogP contribution in [0.5, 0.6) is 0 Å². The van der Waals surface area contributed by atoms with E-state index in [-0.39, 0.29) is 6.54 Å². The van der Waals surface area contributed by atoms with Crippen molar-refractivity contribution in [2.75, 3.05) is 0 Å². The van der Waals surface area contributed by atoms with E-state index >= 15 is 0 Å². The predicted octanol–water partition coefficient (Wildman–Crippen LogP) is 0.256. The first-order valence-corrected chi connectivity index (χ1v) is 7.09. The van der Waals surface area contributed by atoms with E-state index in [1.165, 1.54) is 4.40 Å². The molecule has 0 bridgehead atoms. The molecule has 22 heavy (non-hydrogen) atoms. The van der Waals surface area contributed by atoms with Gasteiger partial charge in [-0.1, -0.05) is 25.8 Å². The van der Waals surface area contributed by atoms with Crippen LogP contribution in [0.25, 0.3) is 5.65 Å². The van der Waals surface area contributed by atoms with Crippen molar-refractivity contribution in [2.24, 2.45) is 0 Å². The molecule has 8 heteroatoms. The number of amides is 1. The highest BCUT2D eigenvalue weighted by Gasteiger charge is 2.20. The second-order valence-corrected chi connectivity index (χ2v) is 4.97. The number of carboxylic acid groups (broad SMARTS) is 1. The average molecular weight is 306 g/mol. The van der Waals surface area contributed by atoms with E-state index < -0.39 is 23.6 Å². The fourth-order valence-corrected chi connectivity index (χ4v) is 2.11. The third-order valence-corrected chi connectivity index (χ3v) is 3.26. The molecule has 1 atom stereocenters. The molecule has 0 saturated heterocycles. The van der Waals surface area contributed by atoms with Crippen molar-refractivity contribution in [3.05, 3.63) is 34.9 Å². The number of nitrogens with zero attached hydrogens (tertiary/aromatic N) is 3. The Kier molecular flexibility index (Phi) is 4.92. The average Bonchev–Trinajstić information content (AvgIpc) is 2.80. The van der Waals surface area contributed by atoms with Crippen molar-refractivity contribution in [1.82, 2.24) is 19.5 Å². The number of carbonyl (C=O) groups is 2. The Morgan fingerprint density at radius 3 is 2.82 bits per heavy atom. The SMILES string of the molecule is CCCCC(NC(=O)Cn1nc2ccccn2c1=O)C(=O)O. The Morgan fingerprint density at radius 1 is 1.41 bits per heavy atom. The lowest BCUT2D eigenvalue weighted by molar-refractivity contribution is -0.142. The molecule has 2 aromatic heterocycles. The number of carbonyl (C=O) groups excluding carboxylic acids is 1. The van der Waals surface area contributed by atoms with Crippen LogP contribution in [-0.4, -0.2) is 37.2 Å². The van der Waals surface area contributed by atoms with E-state index in [2.05, 4.69) is 10.4 Å². The Hall–Kier alpha value is -2.64. The third kappa shape index (κ3) is 3.51. The maximum absolute atomic E-state index is 12.0. The number of nitrogens with one attached hydrogen (secondary N) is 1. The van der Waals surface area contributed by atoms with Crippen molar-refractivity contribution in [2.45, 2.75) is 38.8 Å². The molecule has 118 valence electrons. The monoisotopic (exact) mass is 306 g/mol. The van der Waals surface area contributed by atoms with E-state index in [1.54, 1.807) is 24.4 Å². The van der Waals surface area contributed by atoms with E-state index in [0.717, 1.165) is 11.1 Å². The number of aromatic nitrogens is 3. The largest absolute Gasteiger partial charge is 0.480 e. The Balaban J connectivity index is 2.08. The van der Waals surface area contributed by atoms with Gasteiger partial charge in [-0.3, -0.25) is 9.20 Å². The number of carboxylic acids is 1. The molecule has 2 rings (SSSR count). The Morgan fingerprint density at radius 2 is 2.18 bits per heavy atom. The van der Waals surface area contributed by atoms with Gasteiger partial charge in [-0.25, -0.2) is 14.3 Å². The zero-order valence-electron chi connectivity index (χ0n) is 12.2. The molecule has 1 amide bonds. The number of hydrogen-bond donors (Lipinski definition) is 2. The van der Waals surface area contributed by atoms with Crippen LogP contribution in [0.2, 0.25) is 0 Å². The minimum Gasteiger partial charge on any atom is -0.480 e. The first-order valence-electron chi connectivity index (χ1n) is 7.09. The topological polar surface area (TPSA) is 106 Å². The summed E-state index contributed by atoms with van der Waals surface area (Å²) >= 11 is 0. The van der Waals surface area contributed by atoms with E-state index in [4.69, 9.17) is 5.11 Å². The first-order chi connectivity index (χ1) is 10.5. The Bertz CT molecular complexity index is 734. The van der Waals surface area contributed by atoms with Crippen LogP contribution in [0.3, 0.4) is 0 Å². The number of pyridine rings is 1. The highest BCUT2D eigenvalue weighted by Crippen LogP contribution is 2.01. The van der Waals surface area contributed by atoms with Gasteiger partial charge in [0.2, 0.25) is 5.91 Å². The van der Waals surface area contributed by atoms with E-state index in [1.807, 2.05) is 6.92 Å². The molecule has 8 nitrogen and oxygen atoms in total.